The van der Waals surface area contributed by atoms with Crippen molar-refractivity contribution >= 4 is 39.5 Å². The predicted octanol–water partition coefficient (Wildman–Crippen LogP) is 3.71. The molecule has 8 nitrogen and oxygen atoms in total. The van der Waals surface area contributed by atoms with E-state index < -0.39 is 0 Å². The van der Waals surface area contributed by atoms with Gasteiger partial charge in [-0.2, -0.15) is 9.61 Å². The van der Waals surface area contributed by atoms with Crippen molar-refractivity contribution in [3.8, 4) is 11.5 Å². The van der Waals surface area contributed by atoms with Gasteiger partial charge in [-0.3, -0.25) is 9.59 Å². The lowest BCUT2D eigenvalue weighted by atomic mass is 10.3. The smallest absolute Gasteiger partial charge is 0.275 e. The van der Waals surface area contributed by atoms with Crippen molar-refractivity contribution in [3.63, 3.8) is 0 Å². The van der Waals surface area contributed by atoms with Crippen molar-refractivity contribution in [1.29, 1.82) is 0 Å². The third-order valence-electron chi connectivity index (χ3n) is 4.09. The molecule has 0 atom stereocenters. The number of ether oxygens (including phenoxy) is 2. The number of nitrogens with one attached hydrogen (secondary N) is 1. The number of carbonyl (C=O) groups excluding carboxylic acids is 1. The van der Waals surface area contributed by atoms with Gasteiger partial charge in [-0.25, -0.2) is 4.98 Å². The van der Waals surface area contributed by atoms with Gasteiger partial charge in [-0.05, 0) is 43.3 Å². The summed E-state index contributed by atoms with van der Waals surface area (Å²) >= 11 is 7.16. The summed E-state index contributed by atoms with van der Waals surface area (Å²) < 4.78 is 12.4. The van der Waals surface area contributed by atoms with Gasteiger partial charge in [0.05, 0.1) is 5.69 Å². The van der Waals surface area contributed by atoms with Crippen LogP contribution in [0.15, 0.2) is 59.4 Å². The van der Waals surface area contributed by atoms with Crippen molar-refractivity contribution in [1.82, 2.24) is 14.6 Å². The summed E-state index contributed by atoms with van der Waals surface area (Å²) in [5.41, 5.74) is 0.804. The predicted molar refractivity (Wildman–Crippen MR) is 118 cm³/mol. The molecule has 0 spiro atoms. The van der Waals surface area contributed by atoms with E-state index in [0.717, 1.165) is 5.01 Å². The maximum atomic E-state index is 12.2. The number of nitrogens with zero attached hydrogens (tertiary/aromatic N) is 3. The molecule has 0 aliphatic rings. The number of hydrogen-bond acceptors (Lipinski definition) is 7. The topological polar surface area (TPSA) is 94.8 Å². The Morgan fingerprint density at radius 1 is 1.13 bits per heavy atom. The largest absolute Gasteiger partial charge is 0.487 e. The number of hydrogen-bond donors (Lipinski definition) is 1. The highest BCUT2D eigenvalue weighted by molar-refractivity contribution is 7.16. The first kappa shape index (κ1) is 20.8. The van der Waals surface area contributed by atoms with Crippen LogP contribution in [0.5, 0.6) is 11.5 Å². The Morgan fingerprint density at radius 3 is 2.74 bits per heavy atom. The third kappa shape index (κ3) is 5.39. The molecule has 4 aromatic rings. The van der Waals surface area contributed by atoms with Gasteiger partial charge in [0, 0.05) is 22.8 Å². The van der Waals surface area contributed by atoms with Crippen molar-refractivity contribution in [3.05, 3.63) is 80.7 Å². The number of amides is 1. The summed E-state index contributed by atoms with van der Waals surface area (Å²) in [6.07, 6.45) is 0. The van der Waals surface area contributed by atoms with Gasteiger partial charge >= 0.3 is 0 Å². The molecule has 31 heavy (non-hydrogen) atoms. The van der Waals surface area contributed by atoms with Gasteiger partial charge in [-0.15, -0.1) is 0 Å². The van der Waals surface area contributed by atoms with E-state index in [0.29, 0.717) is 32.9 Å². The lowest BCUT2D eigenvalue weighted by molar-refractivity contribution is -0.118. The average Bonchev–Trinajstić information content (AvgIpc) is 3.13. The molecule has 1 N–H and O–H groups in total. The lowest BCUT2D eigenvalue weighted by Crippen LogP contribution is -2.20. The average molecular weight is 457 g/mol. The summed E-state index contributed by atoms with van der Waals surface area (Å²) in [5.74, 6) is 0.764. The van der Waals surface area contributed by atoms with E-state index in [2.05, 4.69) is 15.4 Å². The van der Waals surface area contributed by atoms with Crippen LogP contribution in [-0.2, 0) is 11.4 Å². The number of benzene rings is 2. The molecule has 0 aliphatic heterocycles. The number of rotatable bonds is 7. The van der Waals surface area contributed by atoms with E-state index in [1.165, 1.54) is 21.9 Å². The molecule has 0 fully saturated rings. The fourth-order valence-electron chi connectivity index (χ4n) is 2.72. The Labute approximate surface area is 186 Å². The quantitative estimate of drug-likeness (QED) is 0.455. The van der Waals surface area contributed by atoms with Gasteiger partial charge in [0.25, 0.3) is 11.5 Å². The van der Waals surface area contributed by atoms with Crippen LogP contribution in [0.25, 0.3) is 4.96 Å². The SMILES string of the molecule is Cc1nn2c(=O)cc(COc3cccc(NC(=O)COc4ccc(Cl)cc4)c3)nc2s1. The minimum atomic E-state index is -0.312. The Hall–Kier alpha value is -3.43. The van der Waals surface area contributed by atoms with E-state index in [-0.39, 0.29) is 24.7 Å². The molecule has 158 valence electrons. The van der Waals surface area contributed by atoms with E-state index in [4.69, 9.17) is 21.1 Å². The molecule has 0 unspecified atom stereocenters. The zero-order chi connectivity index (χ0) is 21.8. The molecule has 0 saturated carbocycles. The van der Waals surface area contributed by atoms with Crippen molar-refractivity contribution in [2.75, 3.05) is 11.9 Å². The molecular weight excluding hydrogens is 440 g/mol. The van der Waals surface area contributed by atoms with E-state index >= 15 is 0 Å². The summed E-state index contributed by atoms with van der Waals surface area (Å²) in [5, 5.41) is 8.21. The molecule has 2 heterocycles. The second-order valence-electron chi connectivity index (χ2n) is 6.51. The number of anilines is 1. The number of halogens is 1. The van der Waals surface area contributed by atoms with Crippen LogP contribution < -0.4 is 20.3 Å². The molecule has 0 radical (unpaired) electrons. The van der Waals surface area contributed by atoms with Crippen LogP contribution >= 0.6 is 22.9 Å². The highest BCUT2D eigenvalue weighted by Crippen LogP contribution is 2.19. The standard InChI is InChI=1S/C21H17ClN4O4S/c1-13-25-26-20(28)10-16(24-21(26)31-13)11-29-18-4-2-3-15(9-18)23-19(27)12-30-17-7-5-14(22)6-8-17/h2-10H,11-12H2,1H3,(H,23,27). The first-order valence-corrected chi connectivity index (χ1v) is 10.4. The molecular formula is C21H17ClN4O4S. The zero-order valence-electron chi connectivity index (χ0n) is 16.4. The molecule has 1 amide bonds. The summed E-state index contributed by atoms with van der Waals surface area (Å²) in [6.45, 7) is 1.78. The van der Waals surface area contributed by atoms with Crippen LogP contribution in [0.4, 0.5) is 5.69 Å². The third-order valence-corrected chi connectivity index (χ3v) is 5.16. The number of aryl methyl sites for hydroxylation is 1. The molecule has 2 aromatic carbocycles. The Morgan fingerprint density at radius 2 is 1.94 bits per heavy atom. The molecule has 0 bridgehead atoms. The van der Waals surface area contributed by atoms with E-state index in [9.17, 15) is 9.59 Å². The fourth-order valence-corrected chi connectivity index (χ4v) is 3.62. The Kier molecular flexibility index (Phi) is 6.15. The van der Waals surface area contributed by atoms with Crippen LogP contribution in [0.1, 0.15) is 10.7 Å². The van der Waals surface area contributed by atoms with Crippen LogP contribution in [0.2, 0.25) is 5.02 Å². The normalized spacial score (nSPS) is 10.8. The second kappa shape index (κ2) is 9.15. The minimum absolute atomic E-state index is 0.111. The first-order chi connectivity index (χ1) is 15.0. The van der Waals surface area contributed by atoms with Gasteiger partial charge in [0.15, 0.2) is 6.61 Å². The Balaban J connectivity index is 1.35. The Bertz CT molecular complexity index is 1290. The fraction of sp³-hybridized carbons (Fsp3) is 0.143. The van der Waals surface area contributed by atoms with Crippen molar-refractivity contribution < 1.29 is 14.3 Å². The molecule has 0 saturated heterocycles. The van der Waals surface area contributed by atoms with Crippen LogP contribution in [0, 0.1) is 6.92 Å². The van der Waals surface area contributed by atoms with Crippen molar-refractivity contribution in [2.45, 2.75) is 13.5 Å². The van der Waals surface area contributed by atoms with E-state index in [1.54, 1.807) is 48.5 Å². The maximum Gasteiger partial charge on any atom is 0.275 e. The van der Waals surface area contributed by atoms with Crippen LogP contribution in [-0.4, -0.2) is 27.1 Å². The van der Waals surface area contributed by atoms with Crippen LogP contribution in [0.3, 0.4) is 0 Å². The van der Waals surface area contributed by atoms with Crippen molar-refractivity contribution in [2.24, 2.45) is 0 Å². The number of aromatic nitrogens is 3. The van der Waals surface area contributed by atoms with Gasteiger partial charge in [-0.1, -0.05) is 29.0 Å². The van der Waals surface area contributed by atoms with E-state index in [1.807, 2.05) is 6.92 Å². The van der Waals surface area contributed by atoms with Gasteiger partial charge in [0.2, 0.25) is 4.96 Å². The minimum Gasteiger partial charge on any atom is -0.487 e. The van der Waals surface area contributed by atoms with Gasteiger partial charge < -0.3 is 14.8 Å². The van der Waals surface area contributed by atoms with Gasteiger partial charge in [0.1, 0.15) is 23.1 Å². The highest BCUT2D eigenvalue weighted by Gasteiger charge is 2.09. The molecule has 2 aromatic heterocycles. The number of fused-ring (bicyclic) bond motifs is 1. The zero-order valence-corrected chi connectivity index (χ0v) is 17.9. The second-order valence-corrected chi connectivity index (χ2v) is 8.10. The highest BCUT2D eigenvalue weighted by atomic mass is 35.5. The summed E-state index contributed by atoms with van der Waals surface area (Å²) in [7, 11) is 0. The molecule has 4 rings (SSSR count). The summed E-state index contributed by atoms with van der Waals surface area (Å²) in [6, 6.07) is 15.1. The lowest BCUT2D eigenvalue weighted by Gasteiger charge is -2.10. The monoisotopic (exact) mass is 456 g/mol. The number of carbonyl (C=O) groups is 1. The molecule has 10 heteroatoms. The molecule has 0 aliphatic carbocycles. The first-order valence-electron chi connectivity index (χ1n) is 9.24. The maximum absolute atomic E-state index is 12.2. The summed E-state index contributed by atoms with van der Waals surface area (Å²) in [4.78, 5) is 29.2.